The second-order valence-corrected chi connectivity index (χ2v) is 4.64. The average Bonchev–Trinajstić information content (AvgIpc) is 2.35. The molecule has 0 aliphatic heterocycles. The van der Waals surface area contributed by atoms with Crippen LogP contribution in [-0.4, -0.2) is 12.5 Å². The van der Waals surface area contributed by atoms with Gasteiger partial charge in [0.25, 0.3) is 0 Å². The largest absolute Gasteiger partial charge is 0.366 e. The number of benzene rings is 1. The summed E-state index contributed by atoms with van der Waals surface area (Å²) in [5.74, 6) is -0.313. The van der Waals surface area contributed by atoms with Crippen LogP contribution in [0.5, 0.6) is 0 Å². The number of carbonyl (C=O) groups is 1. The molecule has 1 unspecified atom stereocenters. The standard InChI is InChI=1S/C14H20N2O/c1-2-9-16-12-8-4-6-10-5-3-7-11(13(10)12)14(15)17/h3,5,7,12,16H,2,4,6,8-9H2,1H3,(H2,15,17). The topological polar surface area (TPSA) is 55.1 Å². The van der Waals surface area contributed by atoms with E-state index in [4.69, 9.17) is 5.73 Å². The highest BCUT2D eigenvalue weighted by molar-refractivity contribution is 5.95. The number of aryl methyl sites for hydroxylation is 1. The lowest BCUT2D eigenvalue weighted by Crippen LogP contribution is -2.29. The molecule has 92 valence electrons. The Morgan fingerprint density at radius 3 is 3.06 bits per heavy atom. The first-order valence-corrected chi connectivity index (χ1v) is 6.39. The van der Waals surface area contributed by atoms with Gasteiger partial charge in [-0.15, -0.1) is 0 Å². The van der Waals surface area contributed by atoms with Crippen molar-refractivity contribution in [2.45, 2.75) is 38.6 Å². The van der Waals surface area contributed by atoms with E-state index in [1.165, 1.54) is 12.0 Å². The Morgan fingerprint density at radius 1 is 1.53 bits per heavy atom. The van der Waals surface area contributed by atoms with Gasteiger partial charge in [0.2, 0.25) is 5.91 Å². The van der Waals surface area contributed by atoms with Crippen LogP contribution in [0.4, 0.5) is 0 Å². The highest BCUT2D eigenvalue weighted by Gasteiger charge is 2.24. The van der Waals surface area contributed by atoms with Crippen LogP contribution < -0.4 is 11.1 Å². The van der Waals surface area contributed by atoms with Crippen LogP contribution in [0.3, 0.4) is 0 Å². The predicted molar refractivity (Wildman–Crippen MR) is 68.9 cm³/mol. The molecule has 1 aliphatic carbocycles. The number of fused-ring (bicyclic) bond motifs is 1. The number of amides is 1. The van der Waals surface area contributed by atoms with E-state index >= 15 is 0 Å². The van der Waals surface area contributed by atoms with E-state index in [-0.39, 0.29) is 5.91 Å². The summed E-state index contributed by atoms with van der Waals surface area (Å²) in [7, 11) is 0. The molecule has 1 atom stereocenters. The lowest BCUT2D eigenvalue weighted by atomic mass is 9.84. The van der Waals surface area contributed by atoms with Gasteiger partial charge in [0.15, 0.2) is 0 Å². The van der Waals surface area contributed by atoms with Crippen LogP contribution >= 0.6 is 0 Å². The van der Waals surface area contributed by atoms with Gasteiger partial charge in [0.05, 0.1) is 0 Å². The number of carbonyl (C=O) groups excluding carboxylic acids is 1. The molecule has 17 heavy (non-hydrogen) atoms. The number of primary amides is 1. The molecule has 0 heterocycles. The Bertz CT molecular complexity index is 415. The Morgan fingerprint density at radius 2 is 2.35 bits per heavy atom. The van der Waals surface area contributed by atoms with Crippen LogP contribution in [0.25, 0.3) is 0 Å². The molecule has 1 aliphatic rings. The summed E-state index contributed by atoms with van der Waals surface area (Å²) in [6, 6.07) is 6.18. The molecule has 3 heteroatoms. The molecule has 1 aromatic rings. The van der Waals surface area contributed by atoms with Crippen molar-refractivity contribution in [1.82, 2.24) is 5.32 Å². The van der Waals surface area contributed by atoms with E-state index < -0.39 is 0 Å². The van der Waals surface area contributed by atoms with Gasteiger partial charge in [-0.05, 0) is 49.4 Å². The zero-order chi connectivity index (χ0) is 12.3. The van der Waals surface area contributed by atoms with Crippen LogP contribution in [0, 0.1) is 0 Å². The molecule has 2 rings (SSSR count). The van der Waals surface area contributed by atoms with Crippen molar-refractivity contribution in [1.29, 1.82) is 0 Å². The third-order valence-corrected chi connectivity index (χ3v) is 3.39. The first-order chi connectivity index (χ1) is 8.24. The Kier molecular flexibility index (Phi) is 3.79. The number of hydrogen-bond donors (Lipinski definition) is 2. The molecular weight excluding hydrogens is 212 g/mol. The van der Waals surface area contributed by atoms with Crippen molar-refractivity contribution in [3.05, 3.63) is 34.9 Å². The highest BCUT2D eigenvalue weighted by atomic mass is 16.1. The summed E-state index contributed by atoms with van der Waals surface area (Å²) in [5.41, 5.74) is 8.57. The maximum atomic E-state index is 11.5. The quantitative estimate of drug-likeness (QED) is 0.835. The maximum absolute atomic E-state index is 11.5. The van der Waals surface area contributed by atoms with Crippen molar-refractivity contribution >= 4 is 5.91 Å². The zero-order valence-electron chi connectivity index (χ0n) is 10.3. The second kappa shape index (κ2) is 5.32. The van der Waals surface area contributed by atoms with Crippen LogP contribution in [0.15, 0.2) is 18.2 Å². The summed E-state index contributed by atoms with van der Waals surface area (Å²) in [6.07, 6.45) is 4.43. The summed E-state index contributed by atoms with van der Waals surface area (Å²) in [5, 5.41) is 3.51. The fraction of sp³-hybridized carbons (Fsp3) is 0.500. The fourth-order valence-corrected chi connectivity index (χ4v) is 2.62. The van der Waals surface area contributed by atoms with Gasteiger partial charge in [0.1, 0.15) is 0 Å². The van der Waals surface area contributed by atoms with Gasteiger partial charge in [-0.3, -0.25) is 4.79 Å². The summed E-state index contributed by atoms with van der Waals surface area (Å²) in [6.45, 7) is 3.13. The molecule has 0 aromatic heterocycles. The van der Waals surface area contributed by atoms with E-state index in [0.29, 0.717) is 11.6 Å². The molecule has 3 N–H and O–H groups in total. The molecule has 0 saturated heterocycles. The van der Waals surface area contributed by atoms with Crippen molar-refractivity contribution in [3.8, 4) is 0 Å². The predicted octanol–water partition coefficient (Wildman–Crippen LogP) is 2.16. The van der Waals surface area contributed by atoms with Crippen molar-refractivity contribution in [2.75, 3.05) is 6.54 Å². The van der Waals surface area contributed by atoms with Crippen molar-refractivity contribution in [2.24, 2.45) is 5.73 Å². The smallest absolute Gasteiger partial charge is 0.249 e. The molecule has 0 radical (unpaired) electrons. The van der Waals surface area contributed by atoms with Gasteiger partial charge in [0, 0.05) is 11.6 Å². The second-order valence-electron chi connectivity index (χ2n) is 4.64. The molecule has 0 bridgehead atoms. The molecule has 3 nitrogen and oxygen atoms in total. The first kappa shape index (κ1) is 12.1. The number of nitrogens with one attached hydrogen (secondary N) is 1. The van der Waals surface area contributed by atoms with Crippen LogP contribution in [0.1, 0.15) is 53.7 Å². The average molecular weight is 232 g/mol. The summed E-state index contributed by atoms with van der Waals surface area (Å²) < 4.78 is 0. The van der Waals surface area contributed by atoms with E-state index in [9.17, 15) is 4.79 Å². The third-order valence-electron chi connectivity index (χ3n) is 3.39. The first-order valence-electron chi connectivity index (χ1n) is 6.39. The van der Waals surface area contributed by atoms with Crippen LogP contribution in [0.2, 0.25) is 0 Å². The van der Waals surface area contributed by atoms with Gasteiger partial charge in [-0.1, -0.05) is 19.1 Å². The molecule has 0 spiro atoms. The third kappa shape index (κ3) is 2.50. The lowest BCUT2D eigenvalue weighted by Gasteiger charge is -2.28. The van der Waals surface area contributed by atoms with E-state index in [1.54, 1.807) is 0 Å². The minimum Gasteiger partial charge on any atom is -0.366 e. The molecule has 0 fully saturated rings. The minimum atomic E-state index is -0.313. The van der Waals surface area contributed by atoms with Crippen LogP contribution in [-0.2, 0) is 6.42 Å². The molecular formula is C14H20N2O. The van der Waals surface area contributed by atoms with Gasteiger partial charge < -0.3 is 11.1 Å². The van der Waals surface area contributed by atoms with Gasteiger partial charge in [-0.25, -0.2) is 0 Å². The monoisotopic (exact) mass is 232 g/mol. The fourth-order valence-electron chi connectivity index (χ4n) is 2.62. The zero-order valence-corrected chi connectivity index (χ0v) is 10.3. The molecule has 0 saturated carbocycles. The molecule has 1 amide bonds. The van der Waals surface area contributed by atoms with E-state index in [1.807, 2.05) is 12.1 Å². The number of hydrogen-bond acceptors (Lipinski definition) is 2. The van der Waals surface area contributed by atoms with Gasteiger partial charge in [-0.2, -0.15) is 0 Å². The summed E-state index contributed by atoms with van der Waals surface area (Å²) in [4.78, 5) is 11.5. The normalized spacial score (nSPS) is 18.8. The lowest BCUT2D eigenvalue weighted by molar-refractivity contribution is 0.0998. The SMILES string of the molecule is CCCNC1CCCc2cccc(C(N)=O)c21. The number of rotatable bonds is 4. The summed E-state index contributed by atoms with van der Waals surface area (Å²) >= 11 is 0. The molecule has 1 aromatic carbocycles. The van der Waals surface area contributed by atoms with E-state index in [0.717, 1.165) is 31.4 Å². The Hall–Kier alpha value is -1.35. The number of nitrogens with two attached hydrogens (primary N) is 1. The Labute approximate surface area is 102 Å². The maximum Gasteiger partial charge on any atom is 0.249 e. The minimum absolute atomic E-state index is 0.294. The highest BCUT2D eigenvalue weighted by Crippen LogP contribution is 2.32. The van der Waals surface area contributed by atoms with Gasteiger partial charge >= 0.3 is 0 Å². The Balaban J connectivity index is 2.36. The van der Waals surface area contributed by atoms with E-state index in [2.05, 4.69) is 18.3 Å². The van der Waals surface area contributed by atoms with Crippen molar-refractivity contribution < 1.29 is 4.79 Å². The van der Waals surface area contributed by atoms with Crippen molar-refractivity contribution in [3.63, 3.8) is 0 Å².